The van der Waals surface area contributed by atoms with Crippen LogP contribution < -0.4 is 4.90 Å². The molecule has 8 nitrogen and oxygen atoms in total. The molecule has 25 heavy (non-hydrogen) atoms. The predicted octanol–water partition coefficient (Wildman–Crippen LogP) is 1.70. The number of imidazole rings is 1. The van der Waals surface area contributed by atoms with E-state index in [9.17, 15) is 14.9 Å². The minimum atomic E-state index is -0.439. The summed E-state index contributed by atoms with van der Waals surface area (Å²) in [6.07, 6.45) is 4.02. The molecule has 1 amide bonds. The molecule has 1 saturated heterocycles. The van der Waals surface area contributed by atoms with E-state index in [0.29, 0.717) is 13.1 Å². The van der Waals surface area contributed by atoms with Crippen molar-refractivity contribution in [2.75, 3.05) is 31.1 Å². The summed E-state index contributed by atoms with van der Waals surface area (Å²) in [5.74, 6) is 0.998. The van der Waals surface area contributed by atoms with Crippen molar-refractivity contribution >= 4 is 17.5 Å². The van der Waals surface area contributed by atoms with Crippen LogP contribution in [0.15, 0.2) is 36.7 Å². The van der Waals surface area contributed by atoms with E-state index >= 15 is 0 Å². The highest BCUT2D eigenvalue weighted by Crippen LogP contribution is 2.16. The van der Waals surface area contributed by atoms with Gasteiger partial charge in [-0.3, -0.25) is 14.9 Å². The zero-order valence-electron chi connectivity index (χ0n) is 14.2. The maximum atomic E-state index is 12.5. The zero-order valence-corrected chi connectivity index (χ0v) is 14.2. The normalized spacial score (nSPS) is 14.6. The van der Waals surface area contributed by atoms with Gasteiger partial charge in [-0.1, -0.05) is 12.1 Å². The molecule has 0 N–H and O–H groups in total. The van der Waals surface area contributed by atoms with Crippen LogP contribution in [0.2, 0.25) is 0 Å². The Bertz CT molecular complexity index is 748. The maximum absolute atomic E-state index is 12.5. The molecule has 1 fully saturated rings. The van der Waals surface area contributed by atoms with Crippen molar-refractivity contribution in [3.63, 3.8) is 0 Å². The average Bonchev–Trinajstić information content (AvgIpc) is 3.11. The van der Waals surface area contributed by atoms with Gasteiger partial charge in [0.1, 0.15) is 0 Å². The number of hydrogen-bond donors (Lipinski definition) is 0. The van der Waals surface area contributed by atoms with E-state index in [-0.39, 0.29) is 18.0 Å². The molecule has 1 aliphatic rings. The Labute approximate surface area is 145 Å². The average molecular weight is 343 g/mol. The Morgan fingerprint density at radius 2 is 1.88 bits per heavy atom. The van der Waals surface area contributed by atoms with Crippen LogP contribution >= 0.6 is 0 Å². The van der Waals surface area contributed by atoms with Crippen LogP contribution in [0, 0.1) is 10.1 Å². The molecule has 0 unspecified atom stereocenters. The number of piperazine rings is 1. The second-order valence-electron chi connectivity index (χ2n) is 5.98. The number of nitro groups is 1. The van der Waals surface area contributed by atoms with Crippen molar-refractivity contribution in [3.8, 4) is 0 Å². The van der Waals surface area contributed by atoms with Gasteiger partial charge in [-0.05, 0) is 12.5 Å². The summed E-state index contributed by atoms with van der Waals surface area (Å²) in [6, 6.07) is 6.16. The number of anilines is 1. The molecule has 0 spiro atoms. The summed E-state index contributed by atoms with van der Waals surface area (Å²) in [5, 5.41) is 10.7. The van der Waals surface area contributed by atoms with E-state index in [1.54, 1.807) is 18.3 Å². The molecule has 2 aromatic rings. The lowest BCUT2D eigenvalue weighted by Crippen LogP contribution is -2.49. The standard InChI is InChI=1S/C17H21N5O3/c1-2-19-8-7-18-17(19)21-11-9-20(10-12-21)16(23)13-14-3-5-15(6-4-14)22(24)25/h3-8H,2,9-13H2,1H3. The Morgan fingerprint density at radius 1 is 1.20 bits per heavy atom. The number of carbonyl (C=O) groups excluding carboxylic acids is 1. The molecule has 1 aromatic heterocycles. The number of aromatic nitrogens is 2. The fourth-order valence-electron chi connectivity index (χ4n) is 3.01. The molecule has 1 aromatic carbocycles. The van der Waals surface area contributed by atoms with E-state index in [1.807, 2.05) is 11.1 Å². The monoisotopic (exact) mass is 343 g/mol. The van der Waals surface area contributed by atoms with Crippen LogP contribution in [0.4, 0.5) is 11.6 Å². The molecule has 3 rings (SSSR count). The fourth-order valence-corrected chi connectivity index (χ4v) is 3.01. The number of amides is 1. The lowest BCUT2D eigenvalue weighted by atomic mass is 10.1. The van der Waals surface area contributed by atoms with Crippen LogP contribution in [0.5, 0.6) is 0 Å². The first-order chi connectivity index (χ1) is 12.1. The van der Waals surface area contributed by atoms with Gasteiger partial charge in [0.15, 0.2) is 0 Å². The summed E-state index contributed by atoms with van der Waals surface area (Å²) >= 11 is 0. The predicted molar refractivity (Wildman–Crippen MR) is 93.5 cm³/mol. The van der Waals surface area contributed by atoms with E-state index in [1.165, 1.54) is 12.1 Å². The first kappa shape index (κ1) is 16.9. The molecule has 0 bridgehead atoms. The number of benzene rings is 1. The van der Waals surface area contributed by atoms with Crippen LogP contribution in [-0.4, -0.2) is 51.5 Å². The molecule has 8 heteroatoms. The summed E-state index contributed by atoms with van der Waals surface area (Å²) in [6.45, 7) is 5.76. The number of aryl methyl sites for hydroxylation is 1. The SMILES string of the molecule is CCn1ccnc1N1CCN(C(=O)Cc2ccc([N+](=O)[O-])cc2)CC1. The van der Waals surface area contributed by atoms with Gasteiger partial charge in [0, 0.05) is 57.3 Å². The highest BCUT2D eigenvalue weighted by atomic mass is 16.6. The van der Waals surface area contributed by atoms with Crippen LogP contribution in [0.1, 0.15) is 12.5 Å². The van der Waals surface area contributed by atoms with E-state index in [2.05, 4.69) is 21.4 Å². The third kappa shape index (κ3) is 3.78. The smallest absolute Gasteiger partial charge is 0.269 e. The third-order valence-electron chi connectivity index (χ3n) is 4.45. The number of hydrogen-bond acceptors (Lipinski definition) is 5. The van der Waals surface area contributed by atoms with Crippen molar-refractivity contribution in [3.05, 3.63) is 52.3 Å². The highest BCUT2D eigenvalue weighted by molar-refractivity contribution is 5.79. The number of nitro benzene ring substituents is 1. The topological polar surface area (TPSA) is 84.5 Å². The summed E-state index contributed by atoms with van der Waals surface area (Å²) in [5.41, 5.74) is 0.829. The van der Waals surface area contributed by atoms with E-state index in [0.717, 1.165) is 31.1 Å². The Balaban J connectivity index is 1.55. The van der Waals surface area contributed by atoms with E-state index < -0.39 is 4.92 Å². The first-order valence-corrected chi connectivity index (χ1v) is 8.35. The number of carbonyl (C=O) groups is 1. The van der Waals surface area contributed by atoms with Crippen molar-refractivity contribution in [1.82, 2.24) is 14.5 Å². The Morgan fingerprint density at radius 3 is 2.48 bits per heavy atom. The third-order valence-corrected chi connectivity index (χ3v) is 4.45. The molecule has 0 atom stereocenters. The molecule has 0 saturated carbocycles. The molecule has 0 radical (unpaired) electrons. The first-order valence-electron chi connectivity index (χ1n) is 8.35. The maximum Gasteiger partial charge on any atom is 0.269 e. The zero-order chi connectivity index (χ0) is 17.8. The minimum absolute atomic E-state index is 0.0382. The molecular weight excluding hydrogens is 322 g/mol. The quantitative estimate of drug-likeness (QED) is 0.609. The minimum Gasteiger partial charge on any atom is -0.339 e. The van der Waals surface area contributed by atoms with Gasteiger partial charge in [0.25, 0.3) is 5.69 Å². The van der Waals surface area contributed by atoms with E-state index in [4.69, 9.17) is 0 Å². The largest absolute Gasteiger partial charge is 0.339 e. The lowest BCUT2D eigenvalue weighted by molar-refractivity contribution is -0.384. The van der Waals surface area contributed by atoms with Crippen molar-refractivity contribution in [1.29, 1.82) is 0 Å². The van der Waals surface area contributed by atoms with Gasteiger partial charge < -0.3 is 14.4 Å². The van der Waals surface area contributed by atoms with Crippen LogP contribution in [0.25, 0.3) is 0 Å². The van der Waals surface area contributed by atoms with Crippen molar-refractivity contribution < 1.29 is 9.72 Å². The highest BCUT2D eigenvalue weighted by Gasteiger charge is 2.23. The van der Waals surface area contributed by atoms with Gasteiger partial charge in [0.2, 0.25) is 11.9 Å². The molecule has 2 heterocycles. The van der Waals surface area contributed by atoms with Gasteiger partial charge in [-0.15, -0.1) is 0 Å². The number of rotatable bonds is 5. The number of nitrogens with zero attached hydrogens (tertiary/aromatic N) is 5. The van der Waals surface area contributed by atoms with Gasteiger partial charge >= 0.3 is 0 Å². The number of non-ortho nitro benzene ring substituents is 1. The molecule has 132 valence electrons. The summed E-state index contributed by atoms with van der Waals surface area (Å²) in [7, 11) is 0. The van der Waals surface area contributed by atoms with Crippen molar-refractivity contribution in [2.24, 2.45) is 0 Å². The van der Waals surface area contributed by atoms with Crippen molar-refractivity contribution in [2.45, 2.75) is 19.9 Å². The second kappa shape index (κ2) is 7.33. The summed E-state index contributed by atoms with van der Waals surface area (Å²) < 4.78 is 2.09. The Hall–Kier alpha value is -2.90. The lowest BCUT2D eigenvalue weighted by Gasteiger charge is -2.35. The van der Waals surface area contributed by atoms with Crippen LogP contribution in [0.3, 0.4) is 0 Å². The fraction of sp³-hybridized carbons (Fsp3) is 0.412. The van der Waals surface area contributed by atoms with Crippen LogP contribution in [-0.2, 0) is 17.8 Å². The summed E-state index contributed by atoms with van der Waals surface area (Å²) in [4.78, 5) is 31.1. The van der Waals surface area contributed by atoms with Gasteiger partial charge in [-0.25, -0.2) is 4.98 Å². The second-order valence-corrected chi connectivity index (χ2v) is 5.98. The van der Waals surface area contributed by atoms with Gasteiger partial charge in [-0.2, -0.15) is 0 Å². The van der Waals surface area contributed by atoms with Gasteiger partial charge in [0.05, 0.1) is 11.3 Å². The molecule has 0 aliphatic carbocycles. The molecule has 1 aliphatic heterocycles. The Kier molecular flexibility index (Phi) is 4.97. The molecular formula is C17H21N5O3.